The zero-order valence-electron chi connectivity index (χ0n) is 13.5. The summed E-state index contributed by atoms with van der Waals surface area (Å²) in [6.07, 6.45) is 1.47. The summed E-state index contributed by atoms with van der Waals surface area (Å²) >= 11 is 7.37. The number of anilines is 1. The maximum absolute atomic E-state index is 12.4. The van der Waals surface area contributed by atoms with Crippen LogP contribution in [0.3, 0.4) is 0 Å². The number of carbonyl (C=O) groups is 2. The van der Waals surface area contributed by atoms with Gasteiger partial charge in [0.15, 0.2) is 0 Å². The number of rotatable bonds is 5. The minimum absolute atomic E-state index is 0.264. The van der Waals surface area contributed by atoms with Gasteiger partial charge in [-0.2, -0.15) is 5.10 Å². The van der Waals surface area contributed by atoms with Crippen LogP contribution >= 0.6 is 22.9 Å². The number of nitrogens with one attached hydrogen (secondary N) is 2. The van der Waals surface area contributed by atoms with E-state index in [4.69, 9.17) is 11.6 Å². The predicted octanol–water partition coefficient (Wildman–Crippen LogP) is 4.42. The number of thiophene rings is 1. The molecular formula is C19H14ClN3O2S. The van der Waals surface area contributed by atoms with Gasteiger partial charge < -0.3 is 5.32 Å². The molecule has 0 saturated carbocycles. The van der Waals surface area contributed by atoms with Crippen molar-refractivity contribution >= 4 is 46.7 Å². The third-order valence-corrected chi connectivity index (χ3v) is 4.65. The molecule has 5 nitrogen and oxygen atoms in total. The first-order chi connectivity index (χ1) is 12.6. The fraction of sp³-hybridized carbons (Fsp3) is 0. The highest BCUT2D eigenvalue weighted by molar-refractivity contribution is 7.12. The fourth-order valence-corrected chi connectivity index (χ4v) is 2.99. The van der Waals surface area contributed by atoms with Crippen molar-refractivity contribution in [1.29, 1.82) is 0 Å². The van der Waals surface area contributed by atoms with Crippen LogP contribution in [0.4, 0.5) is 5.69 Å². The standard InChI is InChI=1S/C19H14ClN3O2S/c20-15-8-3-1-6-13(15)12-21-23-18(24)14-7-2-4-9-16(14)22-19(25)17-10-5-11-26-17/h1-12H,(H,22,25)(H,23,24). The molecule has 7 heteroatoms. The van der Waals surface area contributed by atoms with E-state index in [9.17, 15) is 9.59 Å². The first-order valence-corrected chi connectivity index (χ1v) is 8.93. The predicted molar refractivity (Wildman–Crippen MR) is 105 cm³/mol. The Bertz CT molecular complexity index is 955. The van der Waals surface area contributed by atoms with Crippen LogP contribution in [0, 0.1) is 0 Å². The summed E-state index contributed by atoms with van der Waals surface area (Å²) < 4.78 is 0. The summed E-state index contributed by atoms with van der Waals surface area (Å²) in [5, 5.41) is 9.03. The Balaban J connectivity index is 1.72. The van der Waals surface area contributed by atoms with E-state index in [1.54, 1.807) is 48.5 Å². The van der Waals surface area contributed by atoms with Crippen molar-refractivity contribution in [2.45, 2.75) is 0 Å². The second-order valence-corrected chi connectivity index (χ2v) is 6.55. The molecule has 0 radical (unpaired) electrons. The molecule has 130 valence electrons. The Morgan fingerprint density at radius 2 is 1.73 bits per heavy atom. The van der Waals surface area contributed by atoms with Gasteiger partial charge in [-0.25, -0.2) is 5.43 Å². The van der Waals surface area contributed by atoms with Gasteiger partial charge in [-0.1, -0.05) is 48.0 Å². The van der Waals surface area contributed by atoms with Gasteiger partial charge in [0.05, 0.1) is 22.3 Å². The van der Waals surface area contributed by atoms with Gasteiger partial charge in [-0.3, -0.25) is 9.59 Å². The van der Waals surface area contributed by atoms with E-state index in [1.165, 1.54) is 17.6 Å². The molecular weight excluding hydrogens is 370 g/mol. The summed E-state index contributed by atoms with van der Waals surface area (Å²) in [6, 6.07) is 17.4. The highest BCUT2D eigenvalue weighted by Crippen LogP contribution is 2.18. The van der Waals surface area contributed by atoms with E-state index in [-0.39, 0.29) is 5.91 Å². The number of halogens is 1. The van der Waals surface area contributed by atoms with E-state index >= 15 is 0 Å². The molecule has 0 bridgehead atoms. The maximum atomic E-state index is 12.4. The normalized spacial score (nSPS) is 10.7. The Hall–Kier alpha value is -2.96. The van der Waals surface area contributed by atoms with Crippen LogP contribution in [0.5, 0.6) is 0 Å². The molecule has 0 unspecified atom stereocenters. The first-order valence-electron chi connectivity index (χ1n) is 7.67. The summed E-state index contributed by atoms with van der Waals surface area (Å²) in [6.45, 7) is 0. The smallest absolute Gasteiger partial charge is 0.273 e. The number of carbonyl (C=O) groups excluding carboxylic acids is 2. The molecule has 2 N–H and O–H groups in total. The van der Waals surface area contributed by atoms with Gasteiger partial charge in [-0.05, 0) is 29.6 Å². The fourth-order valence-electron chi connectivity index (χ4n) is 2.18. The molecule has 2 amide bonds. The number of para-hydroxylation sites is 1. The minimum Gasteiger partial charge on any atom is -0.321 e. The van der Waals surface area contributed by atoms with Crippen molar-refractivity contribution in [3.63, 3.8) is 0 Å². The van der Waals surface area contributed by atoms with Gasteiger partial charge in [0.2, 0.25) is 0 Å². The van der Waals surface area contributed by atoms with Crippen molar-refractivity contribution in [1.82, 2.24) is 5.43 Å². The lowest BCUT2D eigenvalue weighted by molar-refractivity contribution is 0.0956. The molecule has 2 aromatic carbocycles. The Morgan fingerprint density at radius 1 is 0.962 bits per heavy atom. The lowest BCUT2D eigenvalue weighted by atomic mass is 10.1. The number of benzene rings is 2. The van der Waals surface area contributed by atoms with Crippen LogP contribution in [0.25, 0.3) is 0 Å². The highest BCUT2D eigenvalue weighted by Gasteiger charge is 2.14. The van der Waals surface area contributed by atoms with Crippen LogP contribution in [0.2, 0.25) is 5.02 Å². The Kier molecular flexibility index (Phi) is 5.78. The van der Waals surface area contributed by atoms with Crippen LogP contribution in [0.1, 0.15) is 25.6 Å². The van der Waals surface area contributed by atoms with E-state index in [0.717, 1.165) is 0 Å². The van der Waals surface area contributed by atoms with E-state index < -0.39 is 5.91 Å². The van der Waals surface area contributed by atoms with Crippen LogP contribution in [-0.2, 0) is 0 Å². The number of hydrogen-bond acceptors (Lipinski definition) is 4. The lowest BCUT2D eigenvalue weighted by Crippen LogP contribution is -2.21. The van der Waals surface area contributed by atoms with E-state index in [1.807, 2.05) is 17.5 Å². The number of amides is 2. The number of nitrogens with zero attached hydrogens (tertiary/aromatic N) is 1. The minimum atomic E-state index is -0.435. The average Bonchev–Trinajstić information content (AvgIpc) is 3.18. The average molecular weight is 384 g/mol. The molecule has 3 rings (SSSR count). The van der Waals surface area contributed by atoms with Gasteiger partial charge in [-0.15, -0.1) is 11.3 Å². The van der Waals surface area contributed by atoms with Gasteiger partial charge >= 0.3 is 0 Å². The van der Waals surface area contributed by atoms with Gasteiger partial charge in [0.25, 0.3) is 11.8 Å². The molecule has 26 heavy (non-hydrogen) atoms. The van der Waals surface area contributed by atoms with Crippen LogP contribution in [-0.4, -0.2) is 18.0 Å². The first kappa shape index (κ1) is 17.8. The van der Waals surface area contributed by atoms with E-state index in [2.05, 4.69) is 15.8 Å². The van der Waals surface area contributed by atoms with Gasteiger partial charge in [0.1, 0.15) is 0 Å². The highest BCUT2D eigenvalue weighted by atomic mass is 35.5. The second-order valence-electron chi connectivity index (χ2n) is 5.20. The van der Waals surface area contributed by atoms with Crippen LogP contribution < -0.4 is 10.7 Å². The summed E-state index contributed by atoms with van der Waals surface area (Å²) in [4.78, 5) is 25.2. The van der Waals surface area contributed by atoms with Crippen LogP contribution in [0.15, 0.2) is 71.1 Å². The number of hydrogen-bond donors (Lipinski definition) is 2. The summed E-state index contributed by atoms with van der Waals surface area (Å²) in [5.74, 6) is -0.699. The Labute approximate surface area is 159 Å². The third-order valence-electron chi connectivity index (χ3n) is 3.44. The third kappa shape index (κ3) is 4.36. The zero-order valence-corrected chi connectivity index (χ0v) is 15.1. The lowest BCUT2D eigenvalue weighted by Gasteiger charge is -2.09. The van der Waals surface area contributed by atoms with Crippen molar-refractivity contribution in [3.8, 4) is 0 Å². The zero-order chi connectivity index (χ0) is 18.4. The van der Waals surface area contributed by atoms with E-state index in [0.29, 0.717) is 26.7 Å². The molecule has 1 aromatic heterocycles. The van der Waals surface area contributed by atoms with Crippen molar-refractivity contribution in [2.24, 2.45) is 5.10 Å². The van der Waals surface area contributed by atoms with Crippen molar-refractivity contribution in [2.75, 3.05) is 5.32 Å². The molecule has 0 aliphatic heterocycles. The summed E-state index contributed by atoms with van der Waals surface area (Å²) in [5.41, 5.74) is 3.86. The van der Waals surface area contributed by atoms with Gasteiger partial charge in [0, 0.05) is 10.6 Å². The van der Waals surface area contributed by atoms with Crippen molar-refractivity contribution in [3.05, 3.63) is 87.1 Å². The molecule has 0 atom stereocenters. The second kappa shape index (κ2) is 8.42. The number of hydrazone groups is 1. The van der Waals surface area contributed by atoms with Crippen molar-refractivity contribution < 1.29 is 9.59 Å². The SMILES string of the molecule is O=C(Nc1ccccc1C(=O)NN=Cc1ccccc1Cl)c1cccs1. The molecule has 0 fully saturated rings. The monoisotopic (exact) mass is 383 g/mol. The summed E-state index contributed by atoms with van der Waals surface area (Å²) in [7, 11) is 0. The Morgan fingerprint density at radius 3 is 2.50 bits per heavy atom. The maximum Gasteiger partial charge on any atom is 0.273 e. The quantitative estimate of drug-likeness (QED) is 0.505. The molecule has 1 heterocycles. The molecule has 0 saturated heterocycles. The molecule has 0 aliphatic rings. The molecule has 0 spiro atoms. The largest absolute Gasteiger partial charge is 0.321 e. The molecule has 3 aromatic rings. The molecule has 0 aliphatic carbocycles. The topological polar surface area (TPSA) is 70.6 Å².